The van der Waals surface area contributed by atoms with Crippen molar-refractivity contribution in [1.82, 2.24) is 15.6 Å². The van der Waals surface area contributed by atoms with E-state index in [-0.39, 0.29) is 0 Å². The molecule has 0 atom stereocenters. The van der Waals surface area contributed by atoms with Gasteiger partial charge in [0.05, 0.1) is 18.2 Å². The summed E-state index contributed by atoms with van der Waals surface area (Å²) in [6, 6.07) is 8.32. The highest BCUT2D eigenvalue weighted by molar-refractivity contribution is 7.11. The Bertz CT molecular complexity index is 684. The normalized spacial score (nSPS) is 11.6. The number of ether oxygens (including phenoxy) is 1. The van der Waals surface area contributed by atoms with Crippen molar-refractivity contribution in [2.45, 2.75) is 46.8 Å². The molecule has 0 spiro atoms. The van der Waals surface area contributed by atoms with Gasteiger partial charge in [0.2, 0.25) is 0 Å². The van der Waals surface area contributed by atoms with Crippen LogP contribution >= 0.6 is 11.3 Å². The highest BCUT2D eigenvalue weighted by Crippen LogP contribution is 2.13. The molecule has 0 fully saturated rings. The zero-order chi connectivity index (χ0) is 18.6. The van der Waals surface area contributed by atoms with Crippen molar-refractivity contribution in [3.63, 3.8) is 0 Å². The number of nitrogens with zero attached hydrogens (tertiary/aromatic N) is 2. The van der Waals surface area contributed by atoms with Crippen molar-refractivity contribution in [3.05, 3.63) is 51.5 Å². The molecule has 2 aromatic rings. The topological polar surface area (TPSA) is 58.5 Å². The van der Waals surface area contributed by atoms with E-state index in [1.54, 1.807) is 11.3 Å². The van der Waals surface area contributed by atoms with Gasteiger partial charge in [-0.3, -0.25) is 0 Å². The standard InChI is InChI=1S/C20H30N4OS/c1-4-18-14-23-19(26-18)11-12-22-20(21-5-2)24-13-16-9-7-8-10-17(16)15-25-6-3/h7-10,14H,4-6,11-13,15H2,1-3H3,(H2,21,22,24). The number of aryl methyl sites for hydroxylation is 1. The molecule has 0 amide bonds. The lowest BCUT2D eigenvalue weighted by Gasteiger charge is -2.12. The van der Waals surface area contributed by atoms with Crippen molar-refractivity contribution >= 4 is 17.3 Å². The first-order valence-electron chi connectivity index (χ1n) is 9.37. The number of thiazole rings is 1. The lowest BCUT2D eigenvalue weighted by Crippen LogP contribution is -2.38. The Balaban J connectivity index is 1.91. The largest absolute Gasteiger partial charge is 0.377 e. The molecule has 0 aliphatic rings. The zero-order valence-electron chi connectivity index (χ0n) is 16.0. The molecular formula is C20H30N4OS. The van der Waals surface area contributed by atoms with Crippen LogP contribution in [0.1, 0.15) is 41.8 Å². The van der Waals surface area contributed by atoms with E-state index in [1.807, 2.05) is 19.2 Å². The Kier molecular flexibility index (Phi) is 9.14. The van der Waals surface area contributed by atoms with Crippen molar-refractivity contribution in [2.75, 3.05) is 19.7 Å². The summed E-state index contributed by atoms with van der Waals surface area (Å²) in [6.45, 7) is 9.90. The highest BCUT2D eigenvalue weighted by atomic mass is 32.1. The summed E-state index contributed by atoms with van der Waals surface area (Å²) in [5, 5.41) is 7.89. The van der Waals surface area contributed by atoms with E-state index in [2.05, 4.69) is 47.7 Å². The summed E-state index contributed by atoms with van der Waals surface area (Å²) in [5.74, 6) is 0.839. The second-order valence-corrected chi connectivity index (χ2v) is 7.05. The molecule has 2 rings (SSSR count). The molecule has 0 aliphatic heterocycles. The van der Waals surface area contributed by atoms with Gasteiger partial charge < -0.3 is 15.4 Å². The van der Waals surface area contributed by atoms with Crippen LogP contribution in [-0.4, -0.2) is 30.6 Å². The van der Waals surface area contributed by atoms with E-state index >= 15 is 0 Å². The molecule has 1 aromatic carbocycles. The van der Waals surface area contributed by atoms with Crippen LogP contribution in [0.25, 0.3) is 0 Å². The van der Waals surface area contributed by atoms with Gasteiger partial charge in [0.1, 0.15) is 0 Å². The van der Waals surface area contributed by atoms with E-state index in [0.717, 1.165) is 38.5 Å². The SMILES string of the molecule is CCNC(=NCc1ccccc1COCC)NCCc1ncc(CC)s1. The Morgan fingerprint density at radius 3 is 2.65 bits per heavy atom. The van der Waals surface area contributed by atoms with Gasteiger partial charge in [0, 0.05) is 37.2 Å². The number of rotatable bonds is 10. The average molecular weight is 375 g/mol. The highest BCUT2D eigenvalue weighted by Gasteiger charge is 2.04. The van der Waals surface area contributed by atoms with Crippen LogP contribution in [0.5, 0.6) is 0 Å². The summed E-state index contributed by atoms with van der Waals surface area (Å²) in [4.78, 5) is 10.5. The Hall–Kier alpha value is -1.92. The minimum Gasteiger partial charge on any atom is -0.377 e. The van der Waals surface area contributed by atoms with Gasteiger partial charge in [-0.25, -0.2) is 9.98 Å². The van der Waals surface area contributed by atoms with Crippen LogP contribution in [0, 0.1) is 0 Å². The van der Waals surface area contributed by atoms with E-state index in [4.69, 9.17) is 9.73 Å². The Morgan fingerprint density at radius 1 is 1.15 bits per heavy atom. The number of hydrogen-bond acceptors (Lipinski definition) is 4. The maximum atomic E-state index is 5.55. The van der Waals surface area contributed by atoms with Gasteiger partial charge in [-0.2, -0.15) is 0 Å². The molecule has 0 saturated heterocycles. The van der Waals surface area contributed by atoms with Gasteiger partial charge >= 0.3 is 0 Å². The molecule has 1 aromatic heterocycles. The predicted molar refractivity (Wildman–Crippen MR) is 110 cm³/mol. The third kappa shape index (κ3) is 6.77. The van der Waals surface area contributed by atoms with Gasteiger partial charge in [0.15, 0.2) is 5.96 Å². The minimum atomic E-state index is 0.635. The van der Waals surface area contributed by atoms with Crippen LogP contribution in [0.15, 0.2) is 35.5 Å². The first-order valence-corrected chi connectivity index (χ1v) is 10.2. The first kappa shape index (κ1) is 20.4. The maximum Gasteiger partial charge on any atom is 0.191 e. The van der Waals surface area contributed by atoms with Crippen molar-refractivity contribution in [1.29, 1.82) is 0 Å². The summed E-state index contributed by atoms with van der Waals surface area (Å²) in [5.41, 5.74) is 2.40. The van der Waals surface area contributed by atoms with E-state index in [1.165, 1.54) is 21.0 Å². The van der Waals surface area contributed by atoms with Crippen molar-refractivity contribution in [3.8, 4) is 0 Å². The third-order valence-corrected chi connectivity index (χ3v) is 5.11. The van der Waals surface area contributed by atoms with E-state index < -0.39 is 0 Å². The zero-order valence-corrected chi connectivity index (χ0v) is 16.9. The quantitative estimate of drug-likeness (QED) is 0.493. The van der Waals surface area contributed by atoms with Gasteiger partial charge in [-0.1, -0.05) is 31.2 Å². The number of benzene rings is 1. The van der Waals surface area contributed by atoms with Crippen LogP contribution < -0.4 is 10.6 Å². The fourth-order valence-corrected chi connectivity index (χ4v) is 3.35. The number of guanidine groups is 1. The second kappa shape index (κ2) is 11.6. The molecule has 6 heteroatoms. The average Bonchev–Trinajstić information content (AvgIpc) is 3.13. The van der Waals surface area contributed by atoms with E-state index in [9.17, 15) is 0 Å². The van der Waals surface area contributed by atoms with Crippen LogP contribution in [0.2, 0.25) is 0 Å². The molecule has 26 heavy (non-hydrogen) atoms. The van der Waals surface area contributed by atoms with Crippen molar-refractivity contribution in [2.24, 2.45) is 4.99 Å². The molecule has 142 valence electrons. The fraction of sp³-hybridized carbons (Fsp3) is 0.500. The summed E-state index contributed by atoms with van der Waals surface area (Å²) in [6.07, 6.45) is 3.95. The lowest BCUT2D eigenvalue weighted by atomic mass is 10.1. The molecular weight excluding hydrogens is 344 g/mol. The molecule has 5 nitrogen and oxygen atoms in total. The second-order valence-electron chi connectivity index (χ2n) is 5.85. The maximum absolute atomic E-state index is 5.55. The Labute approximate surface area is 160 Å². The molecule has 0 radical (unpaired) electrons. The smallest absolute Gasteiger partial charge is 0.191 e. The van der Waals surface area contributed by atoms with Gasteiger partial charge in [-0.05, 0) is 31.4 Å². The molecule has 0 bridgehead atoms. The van der Waals surface area contributed by atoms with Crippen molar-refractivity contribution < 1.29 is 4.74 Å². The van der Waals surface area contributed by atoms with Crippen LogP contribution in [-0.2, 0) is 30.7 Å². The van der Waals surface area contributed by atoms with E-state index in [0.29, 0.717) is 13.2 Å². The number of hydrogen-bond donors (Lipinski definition) is 2. The monoisotopic (exact) mass is 374 g/mol. The molecule has 1 heterocycles. The molecule has 0 aliphatic carbocycles. The first-order chi connectivity index (χ1) is 12.8. The van der Waals surface area contributed by atoms with Gasteiger partial charge in [0.25, 0.3) is 0 Å². The fourth-order valence-electron chi connectivity index (χ4n) is 2.49. The summed E-state index contributed by atoms with van der Waals surface area (Å²) >= 11 is 1.79. The predicted octanol–water partition coefficient (Wildman–Crippen LogP) is 3.54. The number of aromatic nitrogens is 1. The third-order valence-electron chi connectivity index (χ3n) is 3.91. The summed E-state index contributed by atoms with van der Waals surface area (Å²) in [7, 11) is 0. The molecule has 0 unspecified atom stereocenters. The van der Waals surface area contributed by atoms with Crippen LogP contribution in [0.3, 0.4) is 0 Å². The number of nitrogens with one attached hydrogen (secondary N) is 2. The molecule has 0 saturated carbocycles. The number of aliphatic imine (C=N–C) groups is 1. The van der Waals surface area contributed by atoms with Crippen LogP contribution in [0.4, 0.5) is 0 Å². The Morgan fingerprint density at radius 2 is 1.96 bits per heavy atom. The molecule has 2 N–H and O–H groups in total. The lowest BCUT2D eigenvalue weighted by molar-refractivity contribution is 0.133. The summed E-state index contributed by atoms with van der Waals surface area (Å²) < 4.78 is 5.55. The minimum absolute atomic E-state index is 0.635. The van der Waals surface area contributed by atoms with Gasteiger partial charge in [-0.15, -0.1) is 11.3 Å².